The molecule has 0 atom stereocenters. The minimum atomic E-state index is -0.449. The fraction of sp³-hybridized carbons (Fsp3) is 0.278. The number of hydrogen-bond donors (Lipinski definition) is 0. The second kappa shape index (κ2) is 8.58. The Hall–Kier alpha value is -2.01. The van der Waals surface area contributed by atoms with Gasteiger partial charge in [0, 0.05) is 0 Å². The van der Waals surface area contributed by atoms with E-state index in [0.29, 0.717) is 29.4 Å². The summed E-state index contributed by atoms with van der Waals surface area (Å²) in [6, 6.07) is 12.2. The maximum Gasteiger partial charge on any atom is 0.343 e. The molecule has 23 heavy (non-hydrogen) atoms. The number of unbranched alkanes of at least 4 members (excludes halogenated alkanes) is 1. The standard InChI is InChI=1S/C18H19BrO4/c1-3-4-11-22-15-10-9-13(12-14(15)19)18(20)23-17-8-6-5-7-16(17)21-2/h5-10,12H,3-4,11H2,1-2H3. The highest BCUT2D eigenvalue weighted by atomic mass is 79.9. The minimum absolute atomic E-state index is 0.388. The van der Waals surface area contributed by atoms with Crippen LogP contribution < -0.4 is 14.2 Å². The highest BCUT2D eigenvalue weighted by Gasteiger charge is 2.14. The van der Waals surface area contributed by atoms with Crippen molar-refractivity contribution in [3.05, 3.63) is 52.5 Å². The van der Waals surface area contributed by atoms with Crippen molar-refractivity contribution < 1.29 is 19.0 Å². The first-order valence-corrected chi connectivity index (χ1v) is 8.22. The first-order chi connectivity index (χ1) is 11.2. The van der Waals surface area contributed by atoms with E-state index in [4.69, 9.17) is 14.2 Å². The van der Waals surface area contributed by atoms with E-state index in [1.165, 1.54) is 7.11 Å². The molecule has 0 radical (unpaired) electrons. The molecule has 0 unspecified atom stereocenters. The number of hydrogen-bond acceptors (Lipinski definition) is 4. The number of carbonyl (C=O) groups is 1. The van der Waals surface area contributed by atoms with Crippen LogP contribution in [-0.4, -0.2) is 19.7 Å². The van der Waals surface area contributed by atoms with E-state index in [1.54, 1.807) is 36.4 Å². The number of benzene rings is 2. The lowest BCUT2D eigenvalue weighted by molar-refractivity contribution is 0.0729. The Labute approximate surface area is 144 Å². The topological polar surface area (TPSA) is 44.8 Å². The summed E-state index contributed by atoms with van der Waals surface area (Å²) in [5.74, 6) is 1.17. The number of para-hydroxylation sites is 2. The molecule has 0 amide bonds. The zero-order valence-electron chi connectivity index (χ0n) is 13.2. The molecule has 122 valence electrons. The molecule has 0 aliphatic rings. The van der Waals surface area contributed by atoms with Crippen LogP contribution in [0.5, 0.6) is 17.2 Å². The molecule has 0 spiro atoms. The van der Waals surface area contributed by atoms with Crippen molar-refractivity contribution in [2.45, 2.75) is 19.8 Å². The van der Waals surface area contributed by atoms with Crippen molar-refractivity contribution in [3.8, 4) is 17.2 Å². The Morgan fingerprint density at radius 3 is 2.48 bits per heavy atom. The molecule has 2 rings (SSSR count). The molecule has 0 aromatic heterocycles. The molecule has 0 N–H and O–H groups in total. The largest absolute Gasteiger partial charge is 0.493 e. The molecular formula is C18H19BrO4. The SMILES string of the molecule is CCCCOc1ccc(C(=O)Oc2ccccc2OC)cc1Br. The van der Waals surface area contributed by atoms with E-state index in [1.807, 2.05) is 6.07 Å². The Bertz CT molecular complexity index is 670. The van der Waals surface area contributed by atoms with Crippen LogP contribution in [0.25, 0.3) is 0 Å². The lowest BCUT2D eigenvalue weighted by Crippen LogP contribution is -2.09. The Morgan fingerprint density at radius 2 is 1.83 bits per heavy atom. The average molecular weight is 379 g/mol. The highest BCUT2D eigenvalue weighted by Crippen LogP contribution is 2.29. The summed E-state index contributed by atoms with van der Waals surface area (Å²) in [4.78, 5) is 12.3. The first kappa shape index (κ1) is 17.3. The molecular weight excluding hydrogens is 360 g/mol. The van der Waals surface area contributed by atoms with E-state index in [0.717, 1.165) is 17.3 Å². The van der Waals surface area contributed by atoms with Crippen LogP contribution in [-0.2, 0) is 0 Å². The maximum atomic E-state index is 12.3. The van der Waals surface area contributed by atoms with E-state index < -0.39 is 5.97 Å². The summed E-state index contributed by atoms with van der Waals surface area (Å²) < 4.78 is 16.9. The van der Waals surface area contributed by atoms with Crippen molar-refractivity contribution in [3.63, 3.8) is 0 Å². The van der Waals surface area contributed by atoms with Crippen LogP contribution in [0.2, 0.25) is 0 Å². The fourth-order valence-electron chi connectivity index (χ4n) is 1.93. The van der Waals surface area contributed by atoms with Crippen molar-refractivity contribution in [1.82, 2.24) is 0 Å². The van der Waals surface area contributed by atoms with Gasteiger partial charge in [0.05, 0.1) is 23.8 Å². The lowest BCUT2D eigenvalue weighted by Gasteiger charge is -2.11. The van der Waals surface area contributed by atoms with E-state index in [-0.39, 0.29) is 0 Å². The van der Waals surface area contributed by atoms with Gasteiger partial charge in [-0.3, -0.25) is 0 Å². The Morgan fingerprint density at radius 1 is 1.09 bits per heavy atom. The van der Waals surface area contributed by atoms with Crippen molar-refractivity contribution in [1.29, 1.82) is 0 Å². The monoisotopic (exact) mass is 378 g/mol. The normalized spacial score (nSPS) is 10.2. The highest BCUT2D eigenvalue weighted by molar-refractivity contribution is 9.10. The minimum Gasteiger partial charge on any atom is -0.493 e. The van der Waals surface area contributed by atoms with Gasteiger partial charge in [0.2, 0.25) is 0 Å². The number of rotatable bonds is 7. The number of halogens is 1. The first-order valence-electron chi connectivity index (χ1n) is 7.43. The van der Waals surface area contributed by atoms with Gasteiger partial charge in [0.25, 0.3) is 0 Å². The second-order valence-corrected chi connectivity index (χ2v) is 5.74. The summed E-state index contributed by atoms with van der Waals surface area (Å²) in [5, 5.41) is 0. The van der Waals surface area contributed by atoms with Crippen LogP contribution in [0.4, 0.5) is 0 Å². The maximum absolute atomic E-state index is 12.3. The second-order valence-electron chi connectivity index (χ2n) is 4.89. The van der Waals surface area contributed by atoms with Crippen LogP contribution >= 0.6 is 15.9 Å². The zero-order valence-corrected chi connectivity index (χ0v) is 14.8. The summed E-state index contributed by atoms with van der Waals surface area (Å²) in [6.45, 7) is 2.76. The van der Waals surface area contributed by atoms with E-state index in [2.05, 4.69) is 22.9 Å². The van der Waals surface area contributed by atoms with Crippen LogP contribution in [0.15, 0.2) is 46.9 Å². The molecule has 0 heterocycles. The smallest absolute Gasteiger partial charge is 0.343 e. The molecule has 0 aliphatic carbocycles. The molecule has 0 fully saturated rings. The van der Waals surface area contributed by atoms with Crippen molar-refractivity contribution in [2.75, 3.05) is 13.7 Å². The molecule has 2 aromatic carbocycles. The Balaban J connectivity index is 2.09. The molecule has 2 aromatic rings. The molecule has 5 heteroatoms. The number of esters is 1. The van der Waals surface area contributed by atoms with Gasteiger partial charge >= 0.3 is 5.97 Å². The summed E-state index contributed by atoms with van der Waals surface area (Å²) >= 11 is 3.42. The quantitative estimate of drug-likeness (QED) is 0.392. The fourth-order valence-corrected chi connectivity index (χ4v) is 2.43. The summed E-state index contributed by atoms with van der Waals surface area (Å²) in [6.07, 6.45) is 2.06. The van der Waals surface area contributed by atoms with Gasteiger partial charge in [-0.05, 0) is 52.7 Å². The van der Waals surface area contributed by atoms with Gasteiger partial charge in [-0.15, -0.1) is 0 Å². The third-order valence-electron chi connectivity index (χ3n) is 3.19. The summed E-state index contributed by atoms with van der Waals surface area (Å²) in [7, 11) is 1.53. The van der Waals surface area contributed by atoms with Crippen molar-refractivity contribution >= 4 is 21.9 Å². The van der Waals surface area contributed by atoms with Crippen molar-refractivity contribution in [2.24, 2.45) is 0 Å². The van der Waals surface area contributed by atoms with Crippen LogP contribution in [0.1, 0.15) is 30.1 Å². The average Bonchev–Trinajstić information content (AvgIpc) is 2.57. The third-order valence-corrected chi connectivity index (χ3v) is 3.81. The van der Waals surface area contributed by atoms with Gasteiger partial charge in [-0.2, -0.15) is 0 Å². The van der Waals surface area contributed by atoms with Gasteiger partial charge in [-0.1, -0.05) is 25.5 Å². The number of methoxy groups -OCH3 is 1. The Kier molecular flexibility index (Phi) is 6.47. The van der Waals surface area contributed by atoms with Crippen LogP contribution in [0.3, 0.4) is 0 Å². The third kappa shape index (κ3) is 4.73. The predicted molar refractivity (Wildman–Crippen MR) is 92.5 cm³/mol. The molecule has 4 nitrogen and oxygen atoms in total. The molecule has 0 aliphatic heterocycles. The van der Waals surface area contributed by atoms with Gasteiger partial charge in [-0.25, -0.2) is 4.79 Å². The zero-order chi connectivity index (χ0) is 16.7. The van der Waals surface area contributed by atoms with Crippen LogP contribution in [0, 0.1) is 0 Å². The summed E-state index contributed by atoms with van der Waals surface area (Å²) in [5.41, 5.74) is 0.436. The predicted octanol–water partition coefficient (Wildman–Crippen LogP) is 4.86. The van der Waals surface area contributed by atoms with E-state index in [9.17, 15) is 4.79 Å². The number of ether oxygens (including phenoxy) is 3. The molecule has 0 bridgehead atoms. The van der Waals surface area contributed by atoms with Gasteiger partial charge in [0.15, 0.2) is 11.5 Å². The van der Waals surface area contributed by atoms with Gasteiger partial charge < -0.3 is 14.2 Å². The molecule has 0 saturated heterocycles. The lowest BCUT2D eigenvalue weighted by atomic mass is 10.2. The number of carbonyl (C=O) groups excluding carboxylic acids is 1. The molecule has 0 saturated carbocycles. The van der Waals surface area contributed by atoms with Gasteiger partial charge in [0.1, 0.15) is 5.75 Å². The van der Waals surface area contributed by atoms with E-state index >= 15 is 0 Å².